The average molecular weight is 205 g/mol. The van der Waals surface area contributed by atoms with Crippen LogP contribution in [0.1, 0.15) is 49.1 Å². The monoisotopic (exact) mass is 205 g/mol. The van der Waals surface area contributed by atoms with Crippen LogP contribution in [0.3, 0.4) is 0 Å². The van der Waals surface area contributed by atoms with Crippen LogP contribution in [-0.4, -0.2) is 5.21 Å². The van der Waals surface area contributed by atoms with Gasteiger partial charge in [0.25, 0.3) is 0 Å². The van der Waals surface area contributed by atoms with Gasteiger partial charge < -0.3 is 5.21 Å². The molecule has 2 heteroatoms. The molecule has 0 saturated heterocycles. The Morgan fingerprint density at radius 2 is 2.00 bits per heavy atom. The minimum absolute atomic E-state index is 0.542. The Hall–Kier alpha value is -0.860. The molecule has 0 heterocycles. The molecule has 0 bridgehead atoms. The first kappa shape index (κ1) is 10.7. The van der Waals surface area contributed by atoms with Crippen molar-refractivity contribution in [2.45, 2.75) is 44.6 Å². The highest BCUT2D eigenvalue weighted by molar-refractivity contribution is 5.26. The maximum Gasteiger partial charge on any atom is 0.0458 e. The number of hydrogen-bond donors (Lipinski definition) is 2. The van der Waals surface area contributed by atoms with Crippen LogP contribution in [-0.2, 0) is 6.54 Å². The summed E-state index contributed by atoms with van der Waals surface area (Å²) in [5.74, 6) is 0.748. The number of nitrogens with one attached hydrogen (secondary N) is 1. The lowest BCUT2D eigenvalue weighted by atomic mass is 9.84. The summed E-state index contributed by atoms with van der Waals surface area (Å²) >= 11 is 0. The number of hydrogen-bond acceptors (Lipinski definition) is 2. The second-order valence-corrected chi connectivity index (χ2v) is 4.41. The van der Waals surface area contributed by atoms with Gasteiger partial charge >= 0.3 is 0 Å². The Morgan fingerprint density at radius 1 is 1.20 bits per heavy atom. The minimum Gasteiger partial charge on any atom is -0.316 e. The van der Waals surface area contributed by atoms with E-state index in [4.69, 9.17) is 5.21 Å². The Balaban J connectivity index is 2.09. The molecule has 82 valence electrons. The molecule has 1 fully saturated rings. The molecule has 0 aliphatic heterocycles. The molecule has 0 spiro atoms. The van der Waals surface area contributed by atoms with Gasteiger partial charge in [0.05, 0.1) is 0 Å². The van der Waals surface area contributed by atoms with Crippen molar-refractivity contribution in [3.8, 4) is 0 Å². The van der Waals surface area contributed by atoms with Crippen molar-refractivity contribution >= 4 is 0 Å². The second-order valence-electron chi connectivity index (χ2n) is 4.41. The van der Waals surface area contributed by atoms with E-state index in [2.05, 4.69) is 29.7 Å². The second kappa shape index (κ2) is 5.29. The van der Waals surface area contributed by atoms with Crippen LogP contribution in [0.4, 0.5) is 0 Å². The van der Waals surface area contributed by atoms with E-state index in [1.807, 2.05) is 0 Å². The molecule has 0 atom stereocenters. The molecule has 1 saturated carbocycles. The lowest BCUT2D eigenvalue weighted by Gasteiger charge is -2.22. The van der Waals surface area contributed by atoms with E-state index in [-0.39, 0.29) is 0 Å². The first-order valence-electron chi connectivity index (χ1n) is 5.86. The molecule has 2 nitrogen and oxygen atoms in total. The van der Waals surface area contributed by atoms with Crippen LogP contribution in [0.15, 0.2) is 24.3 Å². The molecule has 0 aromatic heterocycles. The van der Waals surface area contributed by atoms with Crippen LogP contribution in [0.2, 0.25) is 0 Å². The molecular formula is C13H19NO. The van der Waals surface area contributed by atoms with Crippen LogP contribution >= 0.6 is 0 Å². The van der Waals surface area contributed by atoms with E-state index in [0.29, 0.717) is 6.54 Å². The van der Waals surface area contributed by atoms with Gasteiger partial charge in [0, 0.05) is 6.54 Å². The van der Waals surface area contributed by atoms with Gasteiger partial charge in [-0.2, -0.15) is 0 Å². The maximum absolute atomic E-state index is 8.67. The first-order chi connectivity index (χ1) is 7.40. The van der Waals surface area contributed by atoms with Crippen molar-refractivity contribution in [2.24, 2.45) is 0 Å². The smallest absolute Gasteiger partial charge is 0.0458 e. The zero-order chi connectivity index (χ0) is 10.5. The van der Waals surface area contributed by atoms with Gasteiger partial charge in [0.1, 0.15) is 0 Å². The minimum atomic E-state index is 0.542. The molecule has 0 unspecified atom stereocenters. The molecule has 1 aliphatic carbocycles. The highest BCUT2D eigenvalue weighted by atomic mass is 16.5. The normalized spacial score (nSPS) is 17.9. The van der Waals surface area contributed by atoms with E-state index >= 15 is 0 Å². The zero-order valence-electron chi connectivity index (χ0n) is 9.08. The van der Waals surface area contributed by atoms with Gasteiger partial charge in [-0.1, -0.05) is 43.5 Å². The van der Waals surface area contributed by atoms with Crippen molar-refractivity contribution in [3.63, 3.8) is 0 Å². The fourth-order valence-corrected chi connectivity index (χ4v) is 2.48. The van der Waals surface area contributed by atoms with Crippen molar-refractivity contribution in [1.29, 1.82) is 0 Å². The quantitative estimate of drug-likeness (QED) is 0.743. The largest absolute Gasteiger partial charge is 0.316 e. The maximum atomic E-state index is 8.67. The van der Waals surface area contributed by atoms with Gasteiger partial charge in [0.15, 0.2) is 0 Å². The zero-order valence-corrected chi connectivity index (χ0v) is 9.08. The molecule has 2 N–H and O–H groups in total. The predicted octanol–water partition coefficient (Wildman–Crippen LogP) is 3.21. The standard InChI is InChI=1S/C13H19NO/c15-14-10-11-5-4-8-13(9-11)12-6-2-1-3-7-12/h4-5,8-9,12,14-15H,1-3,6-7,10H2. The lowest BCUT2D eigenvalue weighted by Crippen LogP contribution is -2.08. The van der Waals surface area contributed by atoms with Crippen LogP contribution in [0, 0.1) is 0 Å². The summed E-state index contributed by atoms with van der Waals surface area (Å²) in [4.78, 5) is 0. The summed E-state index contributed by atoms with van der Waals surface area (Å²) in [6.45, 7) is 0.542. The molecule has 0 amide bonds. The molecule has 1 aliphatic rings. The van der Waals surface area contributed by atoms with Crippen molar-refractivity contribution in [1.82, 2.24) is 5.48 Å². The Morgan fingerprint density at radius 3 is 2.73 bits per heavy atom. The molecule has 1 aromatic carbocycles. The predicted molar refractivity (Wildman–Crippen MR) is 60.9 cm³/mol. The van der Waals surface area contributed by atoms with E-state index in [9.17, 15) is 0 Å². The summed E-state index contributed by atoms with van der Waals surface area (Å²) in [5.41, 5.74) is 4.83. The third kappa shape index (κ3) is 2.80. The summed E-state index contributed by atoms with van der Waals surface area (Å²) in [7, 11) is 0. The molecule has 0 radical (unpaired) electrons. The molecule has 2 rings (SSSR count). The van der Waals surface area contributed by atoms with Crippen molar-refractivity contribution in [2.75, 3.05) is 0 Å². The fraction of sp³-hybridized carbons (Fsp3) is 0.538. The molecular weight excluding hydrogens is 186 g/mol. The summed E-state index contributed by atoms with van der Waals surface area (Å²) in [6, 6.07) is 8.59. The molecule has 1 aromatic rings. The highest BCUT2D eigenvalue weighted by Crippen LogP contribution is 2.32. The van der Waals surface area contributed by atoms with Crippen LogP contribution < -0.4 is 5.48 Å². The van der Waals surface area contributed by atoms with Gasteiger partial charge in [-0.3, -0.25) is 0 Å². The van der Waals surface area contributed by atoms with Gasteiger partial charge in [0.2, 0.25) is 0 Å². The van der Waals surface area contributed by atoms with Crippen LogP contribution in [0.25, 0.3) is 0 Å². The molecule has 15 heavy (non-hydrogen) atoms. The van der Waals surface area contributed by atoms with E-state index in [1.165, 1.54) is 43.2 Å². The van der Waals surface area contributed by atoms with Gasteiger partial charge in [-0.25, -0.2) is 5.48 Å². The van der Waals surface area contributed by atoms with E-state index in [0.717, 1.165) is 5.92 Å². The third-order valence-electron chi connectivity index (χ3n) is 3.31. The van der Waals surface area contributed by atoms with E-state index in [1.54, 1.807) is 0 Å². The Bertz CT molecular complexity index is 305. The summed E-state index contributed by atoms with van der Waals surface area (Å²) < 4.78 is 0. The number of rotatable bonds is 3. The van der Waals surface area contributed by atoms with Crippen molar-refractivity contribution < 1.29 is 5.21 Å². The Kier molecular flexibility index (Phi) is 3.75. The third-order valence-corrected chi connectivity index (χ3v) is 3.31. The van der Waals surface area contributed by atoms with Crippen molar-refractivity contribution in [3.05, 3.63) is 35.4 Å². The SMILES string of the molecule is ONCc1cccc(C2CCCCC2)c1. The highest BCUT2D eigenvalue weighted by Gasteiger charge is 2.15. The summed E-state index contributed by atoms with van der Waals surface area (Å²) in [6.07, 6.45) is 6.79. The summed E-state index contributed by atoms with van der Waals surface area (Å²) in [5, 5.41) is 8.67. The number of hydroxylamine groups is 1. The average Bonchev–Trinajstić information content (AvgIpc) is 2.31. The van der Waals surface area contributed by atoms with Crippen LogP contribution in [0.5, 0.6) is 0 Å². The number of benzene rings is 1. The lowest BCUT2D eigenvalue weighted by molar-refractivity contribution is 0.161. The van der Waals surface area contributed by atoms with E-state index < -0.39 is 0 Å². The van der Waals surface area contributed by atoms with Gasteiger partial charge in [-0.05, 0) is 29.9 Å². The fourth-order valence-electron chi connectivity index (χ4n) is 2.48. The van der Waals surface area contributed by atoms with Gasteiger partial charge in [-0.15, -0.1) is 0 Å². The topological polar surface area (TPSA) is 32.3 Å². The Labute approximate surface area is 91.3 Å². The first-order valence-corrected chi connectivity index (χ1v) is 5.86.